The highest BCUT2D eigenvalue weighted by Gasteiger charge is 2.30. The van der Waals surface area contributed by atoms with E-state index in [2.05, 4.69) is 26.6 Å². The van der Waals surface area contributed by atoms with Crippen LogP contribution in [-0.2, 0) is 9.53 Å². The summed E-state index contributed by atoms with van der Waals surface area (Å²) in [7, 11) is 0. The van der Waals surface area contributed by atoms with Crippen LogP contribution < -0.4 is 9.80 Å². The summed E-state index contributed by atoms with van der Waals surface area (Å²) < 4.78 is 35.4. The highest BCUT2D eigenvalue weighted by molar-refractivity contribution is 5.78. The van der Waals surface area contributed by atoms with Crippen LogP contribution in [-0.4, -0.2) is 88.2 Å². The van der Waals surface area contributed by atoms with Gasteiger partial charge in [-0.25, -0.2) is 13.8 Å². The Morgan fingerprint density at radius 2 is 1.78 bits per heavy atom. The minimum Gasteiger partial charge on any atom is -0.375 e. The maximum absolute atomic E-state index is 14.1. The van der Waals surface area contributed by atoms with Gasteiger partial charge in [-0.15, -0.1) is 0 Å². The molecule has 2 aliphatic heterocycles. The third-order valence-corrected chi connectivity index (χ3v) is 6.99. The first-order valence-electron chi connectivity index (χ1n) is 12.3. The lowest BCUT2D eigenvalue weighted by atomic mass is 10.1. The van der Waals surface area contributed by atoms with E-state index in [9.17, 15) is 13.6 Å². The average molecular weight is 500 g/mol. The maximum atomic E-state index is 14.1. The Labute approximate surface area is 208 Å². The van der Waals surface area contributed by atoms with Crippen molar-refractivity contribution in [3.63, 3.8) is 0 Å². The number of carbonyl (C=O) groups is 1. The van der Waals surface area contributed by atoms with Crippen LogP contribution in [0.15, 0.2) is 30.3 Å². The number of halogens is 2. The van der Waals surface area contributed by atoms with Gasteiger partial charge in [0.25, 0.3) is 6.43 Å². The molecule has 36 heavy (non-hydrogen) atoms. The van der Waals surface area contributed by atoms with Gasteiger partial charge in [0.05, 0.1) is 36.3 Å². The number of benzene rings is 1. The summed E-state index contributed by atoms with van der Waals surface area (Å²) >= 11 is 0. The van der Waals surface area contributed by atoms with Gasteiger partial charge < -0.3 is 14.5 Å². The molecule has 2 aromatic heterocycles. The van der Waals surface area contributed by atoms with E-state index in [-0.39, 0.29) is 29.7 Å². The van der Waals surface area contributed by atoms with Crippen molar-refractivity contribution < 1.29 is 18.3 Å². The molecule has 0 saturated carbocycles. The lowest BCUT2D eigenvalue weighted by molar-refractivity contribution is -0.118. The molecule has 0 radical (unpaired) electrons. The highest BCUT2D eigenvalue weighted by atomic mass is 19.3. The molecule has 0 bridgehead atoms. The maximum Gasteiger partial charge on any atom is 0.296 e. The zero-order chi connectivity index (χ0) is 25.4. The molecule has 0 amide bonds. The molecule has 0 spiro atoms. The fourth-order valence-corrected chi connectivity index (χ4v) is 4.93. The zero-order valence-electron chi connectivity index (χ0n) is 20.8. The van der Waals surface area contributed by atoms with Crippen molar-refractivity contribution in [3.8, 4) is 5.95 Å². The Balaban J connectivity index is 1.59. The van der Waals surface area contributed by atoms with Gasteiger partial charge in [-0.05, 0) is 32.9 Å². The van der Waals surface area contributed by atoms with Crippen molar-refractivity contribution in [1.82, 2.24) is 24.4 Å². The number of ether oxygens (including phenoxy) is 1. The first kappa shape index (κ1) is 24.5. The Morgan fingerprint density at radius 1 is 1.06 bits per heavy atom. The summed E-state index contributed by atoms with van der Waals surface area (Å²) in [5.74, 6) is 1.26. The molecule has 4 heterocycles. The number of hydrogen-bond acceptors (Lipinski definition) is 8. The molecular formula is C25H31F2N7O2. The Bertz CT molecular complexity index is 1240. The summed E-state index contributed by atoms with van der Waals surface area (Å²) in [6, 6.07) is 9.01. The fourth-order valence-electron chi connectivity index (χ4n) is 4.93. The van der Waals surface area contributed by atoms with Crippen LogP contribution in [0.25, 0.3) is 17.0 Å². The zero-order valence-corrected chi connectivity index (χ0v) is 20.8. The number of rotatable bonds is 6. The third-order valence-electron chi connectivity index (χ3n) is 6.99. The van der Waals surface area contributed by atoms with Crippen LogP contribution in [0.1, 0.15) is 33.0 Å². The lowest BCUT2D eigenvalue weighted by Crippen LogP contribution is -2.49. The molecule has 0 aliphatic carbocycles. The number of para-hydroxylation sites is 2. The topological polar surface area (TPSA) is 79.6 Å². The van der Waals surface area contributed by atoms with E-state index in [1.807, 2.05) is 13.0 Å². The predicted molar refractivity (Wildman–Crippen MR) is 133 cm³/mol. The lowest BCUT2D eigenvalue weighted by Gasteiger charge is -2.39. The summed E-state index contributed by atoms with van der Waals surface area (Å²) in [6.45, 7) is 10.1. The summed E-state index contributed by atoms with van der Waals surface area (Å²) in [4.78, 5) is 31.7. The van der Waals surface area contributed by atoms with Crippen LogP contribution in [0.3, 0.4) is 0 Å². The molecule has 2 aliphatic rings. The number of imidazole rings is 1. The molecule has 192 valence electrons. The van der Waals surface area contributed by atoms with Gasteiger partial charge in [0.15, 0.2) is 5.82 Å². The number of nitrogens with zero attached hydrogens (tertiary/aromatic N) is 7. The van der Waals surface area contributed by atoms with Crippen molar-refractivity contribution in [2.45, 2.75) is 39.3 Å². The molecule has 9 nitrogen and oxygen atoms in total. The molecule has 11 heteroatoms. The van der Waals surface area contributed by atoms with Gasteiger partial charge in [-0.2, -0.15) is 9.97 Å². The van der Waals surface area contributed by atoms with E-state index in [1.54, 1.807) is 31.2 Å². The third kappa shape index (κ3) is 4.77. The van der Waals surface area contributed by atoms with Gasteiger partial charge in [0.2, 0.25) is 5.95 Å². The molecule has 2 fully saturated rings. The minimum atomic E-state index is -2.79. The second-order valence-electron chi connectivity index (χ2n) is 9.45. The van der Waals surface area contributed by atoms with E-state index < -0.39 is 6.43 Å². The van der Waals surface area contributed by atoms with E-state index in [1.165, 1.54) is 4.57 Å². The number of Topliss-reactive ketones (excluding diaryl/α,β-unsaturated/α-hetero) is 1. The number of ketones is 1. The van der Waals surface area contributed by atoms with Gasteiger partial charge in [0.1, 0.15) is 17.4 Å². The Hall–Kier alpha value is -3.18. The van der Waals surface area contributed by atoms with Gasteiger partial charge in [0, 0.05) is 38.8 Å². The largest absolute Gasteiger partial charge is 0.375 e. The number of alkyl halides is 2. The second-order valence-corrected chi connectivity index (χ2v) is 9.45. The minimum absolute atomic E-state index is 0.00133. The fraction of sp³-hybridized carbons (Fsp3) is 0.520. The smallest absolute Gasteiger partial charge is 0.296 e. The number of fused-ring (bicyclic) bond motifs is 1. The van der Waals surface area contributed by atoms with Crippen LogP contribution >= 0.6 is 0 Å². The number of morpholine rings is 1. The molecule has 1 aromatic carbocycles. The van der Waals surface area contributed by atoms with Crippen LogP contribution in [0.2, 0.25) is 0 Å². The van der Waals surface area contributed by atoms with E-state index in [0.29, 0.717) is 55.5 Å². The van der Waals surface area contributed by atoms with Crippen molar-refractivity contribution in [1.29, 1.82) is 0 Å². The number of piperazine rings is 1. The van der Waals surface area contributed by atoms with E-state index in [4.69, 9.17) is 14.7 Å². The molecule has 5 rings (SSSR count). The van der Waals surface area contributed by atoms with Crippen LogP contribution in [0.4, 0.5) is 20.4 Å². The summed E-state index contributed by atoms with van der Waals surface area (Å²) in [6.07, 6.45) is -2.79. The summed E-state index contributed by atoms with van der Waals surface area (Å²) in [5, 5.41) is 0. The predicted octanol–water partition coefficient (Wildman–Crippen LogP) is 3.08. The molecule has 2 saturated heterocycles. The molecular weight excluding hydrogens is 468 g/mol. The van der Waals surface area contributed by atoms with Crippen molar-refractivity contribution in [2.75, 3.05) is 55.7 Å². The van der Waals surface area contributed by atoms with Crippen LogP contribution in [0.5, 0.6) is 0 Å². The second kappa shape index (κ2) is 10.1. The van der Waals surface area contributed by atoms with Crippen LogP contribution in [0, 0.1) is 0 Å². The normalized spacial score (nSPS) is 21.5. The van der Waals surface area contributed by atoms with Crippen molar-refractivity contribution in [2.24, 2.45) is 0 Å². The summed E-state index contributed by atoms with van der Waals surface area (Å²) in [5.41, 5.74) is 1.00. The molecule has 3 aromatic rings. The van der Waals surface area contributed by atoms with E-state index >= 15 is 0 Å². The number of hydrogen-bond donors (Lipinski definition) is 0. The quantitative estimate of drug-likeness (QED) is 0.512. The monoisotopic (exact) mass is 499 g/mol. The Morgan fingerprint density at radius 3 is 2.50 bits per heavy atom. The van der Waals surface area contributed by atoms with Crippen molar-refractivity contribution >= 4 is 28.5 Å². The Kier molecular flexibility index (Phi) is 6.85. The molecule has 0 unspecified atom stereocenters. The SMILES string of the molecule is CC(=O)CN1CCN(c2cc(N3CCO[C@@H](C)[C@H]3C)nc(-n3c(C(F)F)nc4ccccc43)n2)CC1. The molecule has 0 N–H and O–H groups in total. The van der Waals surface area contributed by atoms with Crippen molar-refractivity contribution in [3.05, 3.63) is 36.2 Å². The molecule has 2 atom stereocenters. The first-order valence-corrected chi connectivity index (χ1v) is 12.3. The van der Waals surface area contributed by atoms with Gasteiger partial charge in [-0.1, -0.05) is 12.1 Å². The standard InChI is InChI=1S/C25H31F2N7O2/c1-16(35)15-31-8-10-32(11-9-31)21-14-22(33-12-13-36-18(3)17(33)2)30-25(29-21)34-20-7-5-4-6-19(20)28-24(34)23(26)27/h4-7,14,17-18,23H,8-13,15H2,1-3H3/t17-,18+/m1/s1. The number of carbonyl (C=O) groups excluding carboxylic acids is 1. The number of anilines is 2. The van der Waals surface area contributed by atoms with Gasteiger partial charge >= 0.3 is 0 Å². The number of aromatic nitrogens is 4. The highest BCUT2D eigenvalue weighted by Crippen LogP contribution is 2.30. The average Bonchev–Trinajstić information content (AvgIpc) is 3.26. The van der Waals surface area contributed by atoms with E-state index in [0.717, 1.165) is 13.1 Å². The first-order chi connectivity index (χ1) is 17.3. The van der Waals surface area contributed by atoms with Gasteiger partial charge in [-0.3, -0.25) is 14.3 Å².